The van der Waals surface area contributed by atoms with Gasteiger partial charge in [-0.1, -0.05) is 0 Å². The zero-order chi connectivity index (χ0) is 17.4. The number of ether oxygens (including phenoxy) is 2. The van der Waals surface area contributed by atoms with Gasteiger partial charge in [0.25, 0.3) is 0 Å². The van der Waals surface area contributed by atoms with Crippen molar-refractivity contribution >= 4 is 35.4 Å². The number of Topliss-reactive ketones (excluding diaryl/α,β-unsaturated/α-hetero) is 2. The van der Waals surface area contributed by atoms with E-state index in [2.05, 4.69) is 9.47 Å². The molecule has 0 bridgehead atoms. The highest BCUT2D eigenvalue weighted by Gasteiger charge is 2.40. The van der Waals surface area contributed by atoms with Crippen molar-refractivity contribution in [3.63, 3.8) is 0 Å². The lowest BCUT2D eigenvalue weighted by Gasteiger charge is -2.20. The maximum Gasteiger partial charge on any atom is 0.349 e. The Bertz CT molecular complexity index is 460. The first-order chi connectivity index (χ1) is 10.0. The summed E-state index contributed by atoms with van der Waals surface area (Å²) in [5.41, 5.74) is 0. The van der Waals surface area contributed by atoms with E-state index in [1.807, 2.05) is 0 Å². The first-order valence-corrected chi connectivity index (χ1v) is 5.88. The molecule has 0 aliphatic rings. The van der Waals surface area contributed by atoms with E-state index in [1.165, 1.54) is 0 Å². The van der Waals surface area contributed by atoms with Crippen molar-refractivity contribution in [1.82, 2.24) is 0 Å². The van der Waals surface area contributed by atoms with Crippen LogP contribution in [0.25, 0.3) is 0 Å². The van der Waals surface area contributed by atoms with Gasteiger partial charge >= 0.3 is 23.9 Å². The molecule has 0 heterocycles. The van der Waals surface area contributed by atoms with Crippen LogP contribution in [0.1, 0.15) is 26.7 Å². The molecule has 22 heavy (non-hydrogen) atoms. The molecule has 0 aliphatic heterocycles. The first kappa shape index (κ1) is 19.2. The van der Waals surface area contributed by atoms with Gasteiger partial charge in [-0.15, -0.1) is 0 Å². The third kappa shape index (κ3) is 7.12. The lowest BCUT2D eigenvalue weighted by Crippen LogP contribution is -2.46. The first-order valence-electron chi connectivity index (χ1n) is 5.88. The van der Waals surface area contributed by atoms with E-state index in [0.717, 1.165) is 13.8 Å². The molecule has 0 aliphatic carbocycles. The Morgan fingerprint density at radius 1 is 0.727 bits per heavy atom. The second-order valence-corrected chi connectivity index (χ2v) is 4.25. The summed E-state index contributed by atoms with van der Waals surface area (Å²) in [4.78, 5) is 65.9. The van der Waals surface area contributed by atoms with Crippen LogP contribution in [0.2, 0.25) is 0 Å². The minimum atomic E-state index is -2.35. The van der Waals surface area contributed by atoms with Crippen LogP contribution in [0.4, 0.5) is 0 Å². The maximum absolute atomic E-state index is 11.3. The summed E-state index contributed by atoms with van der Waals surface area (Å²) in [6.45, 7) is 2.08. The van der Waals surface area contributed by atoms with Crippen molar-refractivity contribution in [3.8, 4) is 0 Å². The highest BCUT2D eigenvalue weighted by atomic mass is 16.6. The Morgan fingerprint density at radius 2 is 1.00 bits per heavy atom. The summed E-state index contributed by atoms with van der Waals surface area (Å²) >= 11 is 0. The Labute approximate surface area is 124 Å². The van der Waals surface area contributed by atoms with E-state index >= 15 is 0 Å². The fourth-order valence-corrected chi connectivity index (χ4v) is 1.26. The number of carbonyl (C=O) groups is 6. The number of hydrogen-bond donors (Lipinski definition) is 2. The van der Waals surface area contributed by atoms with Crippen LogP contribution < -0.4 is 0 Å². The van der Waals surface area contributed by atoms with E-state index in [9.17, 15) is 28.8 Å². The molecule has 0 aromatic heterocycles. The van der Waals surface area contributed by atoms with Crippen molar-refractivity contribution in [1.29, 1.82) is 0 Å². The number of aliphatic carboxylic acids is 2. The molecule has 0 saturated heterocycles. The van der Waals surface area contributed by atoms with Crippen LogP contribution in [0.3, 0.4) is 0 Å². The molecule has 122 valence electrons. The van der Waals surface area contributed by atoms with Crippen LogP contribution in [0, 0.1) is 0 Å². The zero-order valence-corrected chi connectivity index (χ0v) is 11.7. The second-order valence-electron chi connectivity index (χ2n) is 4.25. The fourth-order valence-electron chi connectivity index (χ4n) is 1.26. The predicted octanol–water partition coefficient (Wildman–Crippen LogP) is -1.06. The highest BCUT2D eigenvalue weighted by Crippen LogP contribution is 2.09. The summed E-state index contributed by atoms with van der Waals surface area (Å²) in [5.74, 6) is -7.61. The topological polar surface area (TPSA) is 161 Å². The number of carboxylic acids is 2. The molecule has 10 nitrogen and oxygen atoms in total. The van der Waals surface area contributed by atoms with Crippen LogP contribution >= 0.6 is 0 Å². The number of esters is 2. The molecule has 2 atom stereocenters. The van der Waals surface area contributed by atoms with Crippen LogP contribution in [0.5, 0.6) is 0 Å². The van der Waals surface area contributed by atoms with Crippen LogP contribution in [-0.2, 0) is 38.2 Å². The predicted molar refractivity (Wildman–Crippen MR) is 65.6 cm³/mol. The van der Waals surface area contributed by atoms with E-state index in [1.54, 1.807) is 0 Å². The van der Waals surface area contributed by atoms with Gasteiger partial charge in [0, 0.05) is 0 Å². The quantitative estimate of drug-likeness (QED) is 0.395. The summed E-state index contributed by atoms with van der Waals surface area (Å²) in [7, 11) is 0. The Balaban J connectivity index is 5.11. The molecule has 0 amide bonds. The largest absolute Gasteiger partial charge is 0.478 e. The van der Waals surface area contributed by atoms with E-state index < -0.39 is 60.5 Å². The van der Waals surface area contributed by atoms with Gasteiger partial charge in [0.2, 0.25) is 12.2 Å². The summed E-state index contributed by atoms with van der Waals surface area (Å²) in [6, 6.07) is 0. The Hall–Kier alpha value is -2.78. The normalized spacial score (nSPS) is 12.6. The molecule has 0 fully saturated rings. The number of carbonyl (C=O) groups excluding carboxylic acids is 4. The molecule has 0 aromatic carbocycles. The SMILES string of the molecule is CC(=O)CC(=O)OC(C(=O)O)C(OC(=O)CC(C)=O)C(=O)O. The van der Waals surface area contributed by atoms with Gasteiger partial charge < -0.3 is 19.7 Å². The average molecular weight is 318 g/mol. The van der Waals surface area contributed by atoms with Gasteiger partial charge in [-0.05, 0) is 13.8 Å². The van der Waals surface area contributed by atoms with Crippen molar-refractivity contribution in [3.05, 3.63) is 0 Å². The van der Waals surface area contributed by atoms with E-state index in [4.69, 9.17) is 10.2 Å². The van der Waals surface area contributed by atoms with E-state index in [0.29, 0.717) is 0 Å². The Kier molecular flexibility index (Phi) is 7.42. The second kappa shape index (κ2) is 8.49. The van der Waals surface area contributed by atoms with Crippen molar-refractivity contribution in [2.45, 2.75) is 38.9 Å². The molecule has 0 aromatic rings. The van der Waals surface area contributed by atoms with Crippen LogP contribution in [-0.4, -0.2) is 57.9 Å². The number of hydrogen-bond acceptors (Lipinski definition) is 8. The molecule has 2 N–H and O–H groups in total. The molecule has 0 radical (unpaired) electrons. The third-order valence-electron chi connectivity index (χ3n) is 2.07. The van der Waals surface area contributed by atoms with Crippen molar-refractivity contribution in [2.75, 3.05) is 0 Å². The fraction of sp³-hybridized carbons (Fsp3) is 0.500. The minimum Gasteiger partial charge on any atom is -0.478 e. The average Bonchev–Trinajstić information content (AvgIpc) is 2.30. The lowest BCUT2D eigenvalue weighted by molar-refractivity contribution is -0.187. The molecule has 0 spiro atoms. The molecule has 10 heteroatoms. The van der Waals surface area contributed by atoms with Gasteiger partial charge in [0.1, 0.15) is 24.4 Å². The third-order valence-corrected chi connectivity index (χ3v) is 2.07. The number of rotatable bonds is 9. The van der Waals surface area contributed by atoms with Gasteiger partial charge in [0.05, 0.1) is 0 Å². The lowest BCUT2D eigenvalue weighted by atomic mass is 10.2. The smallest absolute Gasteiger partial charge is 0.349 e. The molecule has 0 saturated carbocycles. The van der Waals surface area contributed by atoms with Gasteiger partial charge in [0.15, 0.2) is 0 Å². The van der Waals surface area contributed by atoms with Crippen LogP contribution in [0.15, 0.2) is 0 Å². The minimum absolute atomic E-state index is 0.630. The molecular formula is C12H14O10. The summed E-state index contributed by atoms with van der Waals surface area (Å²) in [6.07, 6.45) is -6.23. The molecular weight excluding hydrogens is 304 g/mol. The summed E-state index contributed by atoms with van der Waals surface area (Å²) in [5, 5.41) is 17.8. The number of ketones is 2. The highest BCUT2D eigenvalue weighted by molar-refractivity contribution is 5.97. The maximum atomic E-state index is 11.3. The zero-order valence-electron chi connectivity index (χ0n) is 11.7. The standard InChI is InChI=1S/C12H14O10/c1-5(13)3-7(15)21-9(11(17)18)10(12(19)20)22-8(16)4-6(2)14/h9-10H,3-4H2,1-2H3,(H,17,18)(H,19,20). The molecule has 0 rings (SSSR count). The van der Waals surface area contributed by atoms with Gasteiger partial charge in [-0.2, -0.15) is 0 Å². The monoisotopic (exact) mass is 318 g/mol. The molecule has 2 unspecified atom stereocenters. The summed E-state index contributed by atoms with van der Waals surface area (Å²) < 4.78 is 8.70. The van der Waals surface area contributed by atoms with E-state index in [-0.39, 0.29) is 0 Å². The Morgan fingerprint density at radius 3 is 1.18 bits per heavy atom. The van der Waals surface area contributed by atoms with Gasteiger partial charge in [-0.3, -0.25) is 19.2 Å². The van der Waals surface area contributed by atoms with Gasteiger partial charge in [-0.25, -0.2) is 9.59 Å². The number of carboxylic acid groups (broad SMARTS) is 2. The van der Waals surface area contributed by atoms with Crippen molar-refractivity contribution in [2.24, 2.45) is 0 Å². The van der Waals surface area contributed by atoms with Crippen molar-refractivity contribution < 1.29 is 48.5 Å².